The molecule has 0 aliphatic rings. The van der Waals surface area contributed by atoms with Crippen LogP contribution in [0.5, 0.6) is 5.75 Å². The van der Waals surface area contributed by atoms with Crippen molar-refractivity contribution in [1.29, 1.82) is 0 Å². The Morgan fingerprint density at radius 1 is 1.47 bits per heavy atom. The van der Waals surface area contributed by atoms with Gasteiger partial charge in [0.05, 0.1) is 13.2 Å². The second-order valence-corrected chi connectivity index (χ2v) is 4.50. The number of ether oxygens (including phenoxy) is 1. The van der Waals surface area contributed by atoms with E-state index in [4.69, 9.17) is 4.74 Å². The molecule has 1 unspecified atom stereocenters. The minimum absolute atomic E-state index is 0.443. The zero-order valence-corrected chi connectivity index (χ0v) is 11.0. The Bertz CT molecular complexity index is 337. The molecule has 0 bridgehead atoms. The molecule has 2 nitrogen and oxygen atoms in total. The molecule has 0 radical (unpaired) electrons. The molecule has 0 aliphatic heterocycles. The molecule has 1 aromatic rings. The summed E-state index contributed by atoms with van der Waals surface area (Å²) in [5, 5.41) is 9.95. The lowest BCUT2D eigenvalue weighted by Gasteiger charge is -2.15. The van der Waals surface area contributed by atoms with Crippen LogP contribution in [0.15, 0.2) is 16.6 Å². The number of halogens is 1. The van der Waals surface area contributed by atoms with E-state index in [-0.39, 0.29) is 0 Å². The van der Waals surface area contributed by atoms with E-state index < -0.39 is 6.10 Å². The maximum Gasteiger partial charge on any atom is 0.125 e. The molecule has 1 aromatic carbocycles. The lowest BCUT2D eigenvalue weighted by atomic mass is 10.0. The van der Waals surface area contributed by atoms with E-state index in [9.17, 15) is 5.11 Å². The van der Waals surface area contributed by atoms with Crippen molar-refractivity contribution in [2.45, 2.75) is 32.8 Å². The summed E-state index contributed by atoms with van der Waals surface area (Å²) in [6.07, 6.45) is 1.27. The van der Waals surface area contributed by atoms with Crippen molar-refractivity contribution in [3.8, 4) is 5.75 Å². The quantitative estimate of drug-likeness (QED) is 0.908. The molecule has 3 heteroatoms. The molecule has 0 aliphatic carbocycles. The predicted molar refractivity (Wildman–Crippen MR) is 65.3 cm³/mol. The molecular formula is C12H17BrO2. The number of hydrogen-bond acceptors (Lipinski definition) is 2. The van der Waals surface area contributed by atoms with E-state index in [0.717, 1.165) is 34.2 Å². The van der Waals surface area contributed by atoms with Gasteiger partial charge in [0.25, 0.3) is 0 Å². The lowest BCUT2D eigenvalue weighted by molar-refractivity contribution is 0.162. The standard InChI is InChI=1S/C12H17BrO2/c1-4-5-11(14)9-7-10(13)8(2)6-12(9)15-3/h6-7,11,14H,4-5H2,1-3H3. The highest BCUT2D eigenvalue weighted by Crippen LogP contribution is 2.32. The highest BCUT2D eigenvalue weighted by Gasteiger charge is 2.14. The van der Waals surface area contributed by atoms with Crippen LogP contribution in [0.3, 0.4) is 0 Å². The average molecular weight is 273 g/mol. The molecule has 0 heterocycles. The summed E-state index contributed by atoms with van der Waals surface area (Å²) in [5.41, 5.74) is 1.97. The van der Waals surface area contributed by atoms with Crippen LogP contribution < -0.4 is 4.74 Å². The van der Waals surface area contributed by atoms with Gasteiger partial charge in [-0.15, -0.1) is 0 Å². The summed E-state index contributed by atoms with van der Waals surface area (Å²) in [6.45, 7) is 4.06. The topological polar surface area (TPSA) is 29.5 Å². The first-order chi connectivity index (χ1) is 7.10. The minimum Gasteiger partial charge on any atom is -0.496 e. The van der Waals surface area contributed by atoms with Gasteiger partial charge in [-0.1, -0.05) is 29.3 Å². The van der Waals surface area contributed by atoms with Crippen molar-refractivity contribution < 1.29 is 9.84 Å². The smallest absolute Gasteiger partial charge is 0.125 e. The van der Waals surface area contributed by atoms with E-state index >= 15 is 0 Å². The van der Waals surface area contributed by atoms with Crippen molar-refractivity contribution in [2.24, 2.45) is 0 Å². The Morgan fingerprint density at radius 3 is 2.67 bits per heavy atom. The van der Waals surface area contributed by atoms with Gasteiger partial charge in [-0.3, -0.25) is 0 Å². The molecule has 0 aromatic heterocycles. The fourth-order valence-corrected chi connectivity index (χ4v) is 1.90. The zero-order chi connectivity index (χ0) is 11.4. The van der Waals surface area contributed by atoms with Crippen molar-refractivity contribution >= 4 is 15.9 Å². The molecule has 1 rings (SSSR count). The van der Waals surface area contributed by atoms with Gasteiger partial charge in [-0.2, -0.15) is 0 Å². The van der Waals surface area contributed by atoms with E-state index in [2.05, 4.69) is 22.9 Å². The maximum absolute atomic E-state index is 9.95. The molecule has 1 N–H and O–H groups in total. The van der Waals surface area contributed by atoms with Crippen LogP contribution in [0.2, 0.25) is 0 Å². The number of rotatable bonds is 4. The van der Waals surface area contributed by atoms with Gasteiger partial charge in [-0.05, 0) is 31.0 Å². The van der Waals surface area contributed by atoms with Gasteiger partial charge in [0.1, 0.15) is 5.75 Å². The van der Waals surface area contributed by atoms with Crippen LogP contribution in [0.25, 0.3) is 0 Å². The van der Waals surface area contributed by atoms with Crippen LogP contribution in [0.1, 0.15) is 37.0 Å². The minimum atomic E-state index is -0.443. The first-order valence-electron chi connectivity index (χ1n) is 5.12. The second-order valence-electron chi connectivity index (χ2n) is 3.65. The van der Waals surface area contributed by atoms with Crippen molar-refractivity contribution in [2.75, 3.05) is 7.11 Å². The summed E-state index contributed by atoms with van der Waals surface area (Å²) < 4.78 is 6.28. The summed E-state index contributed by atoms with van der Waals surface area (Å²) in [4.78, 5) is 0. The van der Waals surface area contributed by atoms with E-state index in [1.165, 1.54) is 0 Å². The predicted octanol–water partition coefficient (Wildman–Crippen LogP) is 3.60. The van der Waals surface area contributed by atoms with Crippen molar-refractivity contribution in [1.82, 2.24) is 0 Å². The summed E-state index contributed by atoms with van der Waals surface area (Å²) in [7, 11) is 1.63. The fraction of sp³-hybridized carbons (Fsp3) is 0.500. The molecule has 0 saturated heterocycles. The monoisotopic (exact) mass is 272 g/mol. The Balaban J connectivity index is 3.09. The SMILES string of the molecule is CCCC(O)c1cc(Br)c(C)cc1OC. The van der Waals surface area contributed by atoms with Crippen LogP contribution in [0, 0.1) is 6.92 Å². The van der Waals surface area contributed by atoms with Crippen LogP contribution in [-0.4, -0.2) is 12.2 Å². The van der Waals surface area contributed by atoms with Gasteiger partial charge in [0.2, 0.25) is 0 Å². The number of aliphatic hydroxyl groups excluding tert-OH is 1. The van der Waals surface area contributed by atoms with Crippen LogP contribution in [-0.2, 0) is 0 Å². The number of hydrogen-bond donors (Lipinski definition) is 1. The van der Waals surface area contributed by atoms with Crippen molar-refractivity contribution in [3.63, 3.8) is 0 Å². The third kappa shape index (κ3) is 2.95. The molecule has 0 spiro atoms. The molecular weight excluding hydrogens is 256 g/mol. The number of benzene rings is 1. The fourth-order valence-electron chi connectivity index (χ4n) is 1.54. The van der Waals surface area contributed by atoms with Gasteiger partial charge >= 0.3 is 0 Å². The van der Waals surface area contributed by atoms with Gasteiger partial charge < -0.3 is 9.84 Å². The molecule has 15 heavy (non-hydrogen) atoms. The van der Waals surface area contributed by atoms with Gasteiger partial charge in [0.15, 0.2) is 0 Å². The second kappa shape index (κ2) is 5.52. The average Bonchev–Trinajstić information content (AvgIpc) is 2.21. The first kappa shape index (κ1) is 12.5. The Labute approximate surface area is 99.4 Å². The summed E-state index contributed by atoms with van der Waals surface area (Å²) >= 11 is 3.46. The summed E-state index contributed by atoms with van der Waals surface area (Å²) in [6, 6.07) is 3.88. The van der Waals surface area contributed by atoms with Gasteiger partial charge in [-0.25, -0.2) is 0 Å². The number of methoxy groups -OCH3 is 1. The van der Waals surface area contributed by atoms with Crippen LogP contribution in [0.4, 0.5) is 0 Å². The largest absolute Gasteiger partial charge is 0.496 e. The Hall–Kier alpha value is -0.540. The molecule has 84 valence electrons. The van der Waals surface area contributed by atoms with Crippen LogP contribution >= 0.6 is 15.9 Å². The third-order valence-corrected chi connectivity index (χ3v) is 3.29. The van der Waals surface area contributed by atoms with E-state index in [1.54, 1.807) is 7.11 Å². The Morgan fingerprint density at radius 2 is 2.13 bits per heavy atom. The molecule has 1 atom stereocenters. The third-order valence-electron chi connectivity index (χ3n) is 2.43. The number of aliphatic hydroxyl groups is 1. The summed E-state index contributed by atoms with van der Waals surface area (Å²) in [5.74, 6) is 0.761. The normalized spacial score (nSPS) is 12.6. The first-order valence-corrected chi connectivity index (χ1v) is 5.91. The number of aryl methyl sites for hydroxylation is 1. The maximum atomic E-state index is 9.95. The Kier molecular flexibility index (Phi) is 4.61. The van der Waals surface area contributed by atoms with E-state index in [1.807, 2.05) is 19.1 Å². The molecule has 0 amide bonds. The highest BCUT2D eigenvalue weighted by molar-refractivity contribution is 9.10. The highest BCUT2D eigenvalue weighted by atomic mass is 79.9. The molecule has 0 fully saturated rings. The zero-order valence-electron chi connectivity index (χ0n) is 9.38. The van der Waals surface area contributed by atoms with Gasteiger partial charge in [0, 0.05) is 10.0 Å². The van der Waals surface area contributed by atoms with E-state index in [0.29, 0.717) is 0 Å². The molecule has 0 saturated carbocycles. The van der Waals surface area contributed by atoms with Crippen molar-refractivity contribution in [3.05, 3.63) is 27.7 Å². The lowest BCUT2D eigenvalue weighted by Crippen LogP contribution is -2.01.